The van der Waals surface area contributed by atoms with E-state index in [2.05, 4.69) is 4.98 Å². The highest BCUT2D eigenvalue weighted by Gasteiger charge is 2.29. The number of nitrogens with zero attached hydrogens (tertiary/aromatic N) is 1. The Hall–Kier alpha value is -2.84. The van der Waals surface area contributed by atoms with Crippen LogP contribution in [0, 0.1) is 6.92 Å². The minimum atomic E-state index is -0.956. The topological polar surface area (TPSA) is 107 Å². The summed E-state index contributed by atoms with van der Waals surface area (Å²) >= 11 is 0. The number of ether oxygens (including phenoxy) is 4. The third kappa shape index (κ3) is 6.15. The number of aliphatic carboxylic acids is 1. The Morgan fingerprint density at radius 1 is 1.09 bits per heavy atom. The highest BCUT2D eigenvalue weighted by molar-refractivity contribution is 5.71. The van der Waals surface area contributed by atoms with Gasteiger partial charge in [0.25, 0.3) is 0 Å². The van der Waals surface area contributed by atoms with Gasteiger partial charge in [0.05, 0.1) is 40.0 Å². The number of carboxylic acid groups (broad SMARTS) is 1. The van der Waals surface area contributed by atoms with Crippen molar-refractivity contribution in [1.82, 2.24) is 4.98 Å². The number of rotatable bonds is 11. The molecule has 0 bridgehead atoms. The number of aliphatic hydroxyl groups is 1. The normalized spacial score (nSPS) is 15.8. The van der Waals surface area contributed by atoms with E-state index in [1.807, 2.05) is 6.92 Å². The van der Waals surface area contributed by atoms with Gasteiger partial charge in [-0.05, 0) is 43.5 Å². The molecule has 1 heterocycles. The number of pyridine rings is 1. The molecule has 1 fully saturated rings. The van der Waals surface area contributed by atoms with E-state index in [-0.39, 0.29) is 18.4 Å². The fourth-order valence-electron chi connectivity index (χ4n) is 4.30. The molecular formula is C25H33NO7. The highest BCUT2D eigenvalue weighted by Crippen LogP contribution is 2.35. The van der Waals surface area contributed by atoms with Crippen molar-refractivity contribution in [1.29, 1.82) is 0 Å². The first-order valence-corrected chi connectivity index (χ1v) is 11.2. The molecule has 0 spiro atoms. The van der Waals surface area contributed by atoms with E-state index < -0.39 is 18.2 Å². The minimum Gasteiger partial charge on any atom is -0.496 e. The van der Waals surface area contributed by atoms with E-state index in [9.17, 15) is 9.90 Å². The molecule has 8 nitrogen and oxygen atoms in total. The molecule has 33 heavy (non-hydrogen) atoms. The van der Waals surface area contributed by atoms with Crippen molar-refractivity contribution < 1.29 is 34.0 Å². The van der Waals surface area contributed by atoms with Gasteiger partial charge < -0.3 is 29.2 Å². The number of hydrogen-bond donors (Lipinski definition) is 2. The number of carbonyl (C=O) groups is 1. The Balaban J connectivity index is 1.91. The van der Waals surface area contributed by atoms with Crippen LogP contribution in [0.15, 0.2) is 24.3 Å². The smallest absolute Gasteiger partial charge is 0.308 e. The number of aliphatic hydroxyl groups excluding tert-OH is 1. The largest absolute Gasteiger partial charge is 0.496 e. The number of aromatic nitrogens is 1. The molecule has 8 heteroatoms. The quantitative estimate of drug-likeness (QED) is 0.524. The second kappa shape index (κ2) is 11.3. The van der Waals surface area contributed by atoms with Gasteiger partial charge in [0.1, 0.15) is 17.6 Å². The zero-order valence-corrected chi connectivity index (χ0v) is 19.7. The molecule has 3 rings (SSSR count). The molecule has 2 aromatic rings. The van der Waals surface area contributed by atoms with Crippen LogP contribution >= 0.6 is 0 Å². The average Bonchev–Trinajstić information content (AvgIpc) is 3.32. The van der Waals surface area contributed by atoms with Crippen molar-refractivity contribution in [3.05, 3.63) is 46.6 Å². The lowest BCUT2D eigenvalue weighted by atomic mass is 9.97. The maximum Gasteiger partial charge on any atom is 0.308 e. The first kappa shape index (κ1) is 24.8. The van der Waals surface area contributed by atoms with E-state index in [4.69, 9.17) is 24.1 Å². The number of benzene rings is 1. The number of hydrogen-bond acceptors (Lipinski definition) is 7. The lowest BCUT2D eigenvalue weighted by molar-refractivity contribution is -0.136. The minimum absolute atomic E-state index is 0.0760. The molecule has 2 unspecified atom stereocenters. The first-order valence-electron chi connectivity index (χ1n) is 11.2. The molecule has 0 aliphatic heterocycles. The second-order valence-electron chi connectivity index (χ2n) is 8.32. The zero-order valence-electron chi connectivity index (χ0n) is 19.7. The van der Waals surface area contributed by atoms with Crippen LogP contribution in [-0.2, 0) is 22.4 Å². The Labute approximate surface area is 194 Å². The summed E-state index contributed by atoms with van der Waals surface area (Å²) in [5, 5.41) is 20.5. The third-order valence-electron chi connectivity index (χ3n) is 6.08. The van der Waals surface area contributed by atoms with Crippen LogP contribution in [0.4, 0.5) is 0 Å². The van der Waals surface area contributed by atoms with E-state index in [0.29, 0.717) is 34.7 Å². The SMILES string of the molecule is COc1cc(C(O)C(Cc2ccc(CC(=O)O)c(OC)n2)OC2CCCC2)cc(OC)c1C. The van der Waals surface area contributed by atoms with Gasteiger partial charge in [-0.3, -0.25) is 4.79 Å². The van der Waals surface area contributed by atoms with Crippen molar-refractivity contribution in [3.63, 3.8) is 0 Å². The maximum absolute atomic E-state index is 11.4. The van der Waals surface area contributed by atoms with Gasteiger partial charge in [-0.25, -0.2) is 4.98 Å². The summed E-state index contributed by atoms with van der Waals surface area (Å²) in [5.74, 6) is 0.562. The molecular weight excluding hydrogens is 426 g/mol. The maximum atomic E-state index is 11.4. The van der Waals surface area contributed by atoms with Crippen LogP contribution in [0.3, 0.4) is 0 Å². The van der Waals surface area contributed by atoms with Crippen molar-refractivity contribution in [2.75, 3.05) is 21.3 Å². The standard InChI is InChI=1S/C25H33NO7/c1-15-20(30-2)11-17(12-21(15)31-3)24(29)22(33-19-7-5-6-8-19)14-18-10-9-16(13-23(27)28)25(26-18)32-4/h9-12,19,22,24,29H,5-8,13-14H2,1-4H3,(H,27,28). The highest BCUT2D eigenvalue weighted by atomic mass is 16.5. The van der Waals surface area contributed by atoms with Gasteiger partial charge in [-0.2, -0.15) is 0 Å². The van der Waals surface area contributed by atoms with Crippen molar-refractivity contribution in [2.24, 2.45) is 0 Å². The molecule has 1 aromatic carbocycles. The molecule has 1 aliphatic rings. The predicted molar refractivity (Wildman–Crippen MR) is 122 cm³/mol. The monoisotopic (exact) mass is 459 g/mol. The van der Waals surface area contributed by atoms with Crippen LogP contribution in [-0.4, -0.2) is 54.7 Å². The molecule has 1 aliphatic carbocycles. The molecule has 0 radical (unpaired) electrons. The van der Waals surface area contributed by atoms with Gasteiger partial charge >= 0.3 is 5.97 Å². The third-order valence-corrected chi connectivity index (χ3v) is 6.08. The second-order valence-corrected chi connectivity index (χ2v) is 8.32. The Bertz CT molecular complexity index is 931. The van der Waals surface area contributed by atoms with Crippen molar-refractivity contribution >= 4 is 5.97 Å². The van der Waals surface area contributed by atoms with Crippen molar-refractivity contribution in [3.8, 4) is 17.4 Å². The molecule has 2 atom stereocenters. The summed E-state index contributed by atoms with van der Waals surface area (Å²) in [6.07, 6.45) is 2.85. The van der Waals surface area contributed by atoms with Crippen LogP contribution in [0.25, 0.3) is 0 Å². The molecule has 2 N–H and O–H groups in total. The van der Waals surface area contributed by atoms with Gasteiger partial charge in [0, 0.05) is 23.2 Å². The Morgan fingerprint density at radius 3 is 2.27 bits per heavy atom. The molecule has 180 valence electrons. The Morgan fingerprint density at radius 2 is 1.73 bits per heavy atom. The van der Waals surface area contributed by atoms with Gasteiger partial charge in [0.15, 0.2) is 0 Å². The first-order chi connectivity index (χ1) is 15.9. The molecule has 0 saturated heterocycles. The summed E-state index contributed by atoms with van der Waals surface area (Å²) in [7, 11) is 4.63. The van der Waals surface area contributed by atoms with Gasteiger partial charge in [0.2, 0.25) is 5.88 Å². The summed E-state index contributed by atoms with van der Waals surface area (Å²) in [6, 6.07) is 7.07. The average molecular weight is 460 g/mol. The summed E-state index contributed by atoms with van der Waals surface area (Å²) in [4.78, 5) is 15.6. The summed E-state index contributed by atoms with van der Waals surface area (Å²) in [6.45, 7) is 1.90. The molecule has 1 saturated carbocycles. The molecule has 1 aromatic heterocycles. The fourth-order valence-corrected chi connectivity index (χ4v) is 4.30. The lowest BCUT2D eigenvalue weighted by Crippen LogP contribution is -2.29. The van der Waals surface area contributed by atoms with E-state index >= 15 is 0 Å². The van der Waals surface area contributed by atoms with Crippen LogP contribution in [0.1, 0.15) is 54.2 Å². The van der Waals surface area contributed by atoms with Gasteiger partial charge in [-0.15, -0.1) is 0 Å². The lowest BCUT2D eigenvalue weighted by Gasteiger charge is -2.28. The Kier molecular flexibility index (Phi) is 8.52. The zero-order chi connectivity index (χ0) is 24.0. The predicted octanol–water partition coefficient (Wildman–Crippen LogP) is 3.65. The van der Waals surface area contributed by atoms with Crippen LogP contribution in [0.5, 0.6) is 17.4 Å². The number of methoxy groups -OCH3 is 3. The van der Waals surface area contributed by atoms with E-state index in [1.54, 1.807) is 38.5 Å². The van der Waals surface area contributed by atoms with Gasteiger partial charge in [-0.1, -0.05) is 18.9 Å². The van der Waals surface area contributed by atoms with E-state index in [1.165, 1.54) is 7.11 Å². The number of carboxylic acids is 1. The van der Waals surface area contributed by atoms with E-state index in [0.717, 1.165) is 31.2 Å². The summed E-state index contributed by atoms with van der Waals surface area (Å²) < 4.78 is 22.6. The van der Waals surface area contributed by atoms with Crippen LogP contribution < -0.4 is 14.2 Å². The van der Waals surface area contributed by atoms with Crippen molar-refractivity contribution in [2.45, 2.75) is 63.8 Å². The van der Waals surface area contributed by atoms with Crippen LogP contribution in [0.2, 0.25) is 0 Å². The molecule has 0 amide bonds. The fraction of sp³-hybridized carbons (Fsp3) is 0.520. The summed E-state index contributed by atoms with van der Waals surface area (Å²) in [5.41, 5.74) is 2.63.